The largest absolute Gasteiger partial charge is 0.462 e. The number of hydrogen-bond donors (Lipinski definition) is 0. The van der Waals surface area contributed by atoms with Crippen molar-refractivity contribution in [3.8, 4) is 0 Å². The van der Waals surface area contributed by atoms with Gasteiger partial charge in [-0.3, -0.25) is 14.4 Å². The Hall–Kier alpha value is -2.89. The summed E-state index contributed by atoms with van der Waals surface area (Å²) in [6, 6.07) is 0. The average Bonchev–Trinajstić information content (AvgIpc) is 3.47. The van der Waals surface area contributed by atoms with Crippen molar-refractivity contribution in [2.24, 2.45) is 0 Å². The number of ether oxygens (including phenoxy) is 3. The van der Waals surface area contributed by atoms with Crippen LogP contribution in [0, 0.1) is 0 Å². The molecule has 0 aliphatic rings. The molecule has 0 N–H and O–H groups in total. The first-order valence-electron chi connectivity index (χ1n) is 35.8. The van der Waals surface area contributed by atoms with Gasteiger partial charge in [0.25, 0.3) is 0 Å². The zero-order valence-electron chi connectivity index (χ0n) is 54.3. The van der Waals surface area contributed by atoms with E-state index >= 15 is 0 Å². The van der Waals surface area contributed by atoms with E-state index in [0.29, 0.717) is 19.3 Å². The monoisotopic (exact) mass is 1130 g/mol. The molecule has 0 aromatic rings. The van der Waals surface area contributed by atoms with Gasteiger partial charge >= 0.3 is 17.9 Å². The first-order valence-corrected chi connectivity index (χ1v) is 35.8. The zero-order chi connectivity index (χ0) is 58.5. The van der Waals surface area contributed by atoms with Gasteiger partial charge in [0.15, 0.2) is 6.10 Å². The summed E-state index contributed by atoms with van der Waals surface area (Å²) in [6.07, 6.45) is 89.6. The number of esters is 3. The van der Waals surface area contributed by atoms with Gasteiger partial charge in [-0.15, -0.1) is 0 Å². The van der Waals surface area contributed by atoms with Crippen molar-refractivity contribution in [3.63, 3.8) is 0 Å². The van der Waals surface area contributed by atoms with Crippen molar-refractivity contribution in [2.45, 2.75) is 386 Å². The van der Waals surface area contributed by atoms with Crippen LogP contribution in [0.15, 0.2) is 60.8 Å². The Morgan fingerprint density at radius 1 is 0.247 bits per heavy atom. The maximum atomic E-state index is 13.0. The van der Waals surface area contributed by atoms with E-state index in [1.165, 1.54) is 250 Å². The van der Waals surface area contributed by atoms with Crippen LogP contribution in [0.4, 0.5) is 0 Å². The third kappa shape index (κ3) is 67.8. The minimum absolute atomic E-state index is 0.0773. The van der Waals surface area contributed by atoms with Crippen molar-refractivity contribution in [3.05, 3.63) is 60.8 Å². The summed E-state index contributed by atoms with van der Waals surface area (Å²) in [5.74, 6) is -0.870. The van der Waals surface area contributed by atoms with Crippen molar-refractivity contribution < 1.29 is 28.6 Å². The Bertz CT molecular complexity index is 1440. The number of carbonyl (C=O) groups is 3. The van der Waals surface area contributed by atoms with Crippen molar-refractivity contribution in [2.75, 3.05) is 13.2 Å². The summed E-state index contributed by atoms with van der Waals surface area (Å²) in [6.45, 7) is 6.64. The van der Waals surface area contributed by atoms with Gasteiger partial charge < -0.3 is 14.2 Å². The minimum Gasteiger partial charge on any atom is -0.462 e. The molecule has 0 fully saturated rings. The summed E-state index contributed by atoms with van der Waals surface area (Å²) >= 11 is 0. The quantitative estimate of drug-likeness (QED) is 0.0261. The molecule has 0 saturated heterocycles. The Balaban J connectivity index is 4.32. The Kier molecular flexibility index (Phi) is 67.1. The normalized spacial score (nSPS) is 12.4. The molecule has 472 valence electrons. The van der Waals surface area contributed by atoms with Gasteiger partial charge in [-0.1, -0.05) is 332 Å². The summed E-state index contributed by atoms with van der Waals surface area (Å²) in [5.41, 5.74) is 0. The predicted molar refractivity (Wildman–Crippen MR) is 353 cm³/mol. The fraction of sp³-hybridized carbons (Fsp3) is 0.827. The van der Waals surface area contributed by atoms with Crippen LogP contribution < -0.4 is 0 Å². The van der Waals surface area contributed by atoms with E-state index in [2.05, 4.69) is 81.5 Å². The van der Waals surface area contributed by atoms with Crippen LogP contribution in [0.1, 0.15) is 380 Å². The van der Waals surface area contributed by atoms with Crippen LogP contribution in [0.3, 0.4) is 0 Å². The number of unbranched alkanes of at least 4 members (excludes halogenated alkanes) is 45. The van der Waals surface area contributed by atoms with Crippen LogP contribution in [0.25, 0.3) is 0 Å². The molecule has 0 spiro atoms. The molecule has 0 aliphatic heterocycles. The Labute approximate surface area is 504 Å². The Morgan fingerprint density at radius 3 is 0.716 bits per heavy atom. The fourth-order valence-electron chi connectivity index (χ4n) is 10.6. The molecular formula is C75H136O6. The summed E-state index contributed by atoms with van der Waals surface area (Å²) in [7, 11) is 0. The lowest BCUT2D eigenvalue weighted by Gasteiger charge is -2.18. The SMILES string of the molecule is CCCCC/C=C\C/C=C\C/C=C\CCCCCCCCC(=O)OC(COC(=O)CCCCCCCCCCC/C=C\C/C=C\CCCCC)COC(=O)CCCCCCCCCCCCCCCCCCCCCCCCCCC. The second kappa shape index (κ2) is 69.6. The summed E-state index contributed by atoms with van der Waals surface area (Å²) in [5, 5.41) is 0. The summed E-state index contributed by atoms with van der Waals surface area (Å²) < 4.78 is 17.0. The molecule has 0 aromatic heterocycles. The van der Waals surface area contributed by atoms with E-state index in [0.717, 1.165) is 89.9 Å². The standard InChI is InChI=1S/C75H136O6/c1-4-7-10-13-16-19-22-25-28-31-34-35-36-37-38-39-42-44-47-50-53-56-59-62-65-68-74(77)80-71-72(81-75(78)69-66-63-60-57-54-51-48-45-41-33-30-27-24-21-18-15-12-9-6-3)70-79-73(76)67-64-61-58-55-52-49-46-43-40-32-29-26-23-20-17-14-11-8-5-2/h17-18,20-21,26-27,29-30,41,45,72H,4-16,19,22-25,28,31-40,42-44,46-71H2,1-3H3/b20-17-,21-18-,29-26-,30-27-,45-41-. The molecule has 0 bridgehead atoms. The molecule has 0 aromatic carbocycles. The number of carbonyl (C=O) groups excluding carboxylic acids is 3. The summed E-state index contributed by atoms with van der Waals surface area (Å²) in [4.78, 5) is 38.5. The molecule has 0 saturated carbocycles. The molecule has 1 atom stereocenters. The third-order valence-electron chi connectivity index (χ3n) is 16.0. The molecule has 0 heterocycles. The van der Waals surface area contributed by atoms with Crippen LogP contribution in [-0.2, 0) is 28.6 Å². The molecule has 0 rings (SSSR count). The van der Waals surface area contributed by atoms with E-state index in [9.17, 15) is 14.4 Å². The van der Waals surface area contributed by atoms with Crippen LogP contribution in [0.5, 0.6) is 0 Å². The second-order valence-electron chi connectivity index (χ2n) is 24.1. The van der Waals surface area contributed by atoms with Crippen LogP contribution >= 0.6 is 0 Å². The van der Waals surface area contributed by atoms with Gasteiger partial charge in [-0.2, -0.15) is 0 Å². The van der Waals surface area contributed by atoms with Gasteiger partial charge in [0.1, 0.15) is 13.2 Å². The molecule has 0 aliphatic carbocycles. The highest BCUT2D eigenvalue weighted by atomic mass is 16.6. The van der Waals surface area contributed by atoms with E-state index in [4.69, 9.17) is 14.2 Å². The lowest BCUT2D eigenvalue weighted by atomic mass is 10.0. The van der Waals surface area contributed by atoms with Gasteiger partial charge in [0.05, 0.1) is 0 Å². The highest BCUT2D eigenvalue weighted by Crippen LogP contribution is 2.18. The molecule has 6 heteroatoms. The fourth-order valence-corrected chi connectivity index (χ4v) is 10.6. The lowest BCUT2D eigenvalue weighted by Crippen LogP contribution is -2.30. The highest BCUT2D eigenvalue weighted by molar-refractivity contribution is 5.71. The van der Waals surface area contributed by atoms with E-state index in [-0.39, 0.29) is 31.1 Å². The third-order valence-corrected chi connectivity index (χ3v) is 16.0. The molecule has 6 nitrogen and oxygen atoms in total. The second-order valence-corrected chi connectivity index (χ2v) is 24.1. The van der Waals surface area contributed by atoms with Gasteiger partial charge in [-0.05, 0) is 89.9 Å². The van der Waals surface area contributed by atoms with Crippen LogP contribution in [0.2, 0.25) is 0 Å². The number of hydrogen-bond acceptors (Lipinski definition) is 6. The average molecular weight is 1130 g/mol. The molecule has 0 amide bonds. The van der Waals surface area contributed by atoms with Gasteiger partial charge in [0, 0.05) is 19.3 Å². The Morgan fingerprint density at radius 2 is 0.444 bits per heavy atom. The first kappa shape index (κ1) is 78.1. The highest BCUT2D eigenvalue weighted by Gasteiger charge is 2.19. The minimum atomic E-state index is -0.784. The van der Waals surface area contributed by atoms with Gasteiger partial charge in [-0.25, -0.2) is 0 Å². The van der Waals surface area contributed by atoms with Crippen molar-refractivity contribution in [1.82, 2.24) is 0 Å². The first-order chi connectivity index (χ1) is 40.0. The number of allylic oxidation sites excluding steroid dienone is 10. The van der Waals surface area contributed by atoms with Crippen molar-refractivity contribution in [1.29, 1.82) is 0 Å². The molecule has 81 heavy (non-hydrogen) atoms. The molecule has 1 unspecified atom stereocenters. The number of rotatable bonds is 66. The molecular weight excluding hydrogens is 997 g/mol. The lowest BCUT2D eigenvalue weighted by molar-refractivity contribution is -0.167. The smallest absolute Gasteiger partial charge is 0.306 e. The maximum Gasteiger partial charge on any atom is 0.306 e. The predicted octanol–water partition coefficient (Wildman–Crippen LogP) is 24.7. The van der Waals surface area contributed by atoms with Gasteiger partial charge in [0.2, 0.25) is 0 Å². The van der Waals surface area contributed by atoms with E-state index in [1.54, 1.807) is 0 Å². The maximum absolute atomic E-state index is 13.0. The topological polar surface area (TPSA) is 78.9 Å². The van der Waals surface area contributed by atoms with Crippen LogP contribution in [-0.4, -0.2) is 37.2 Å². The zero-order valence-corrected chi connectivity index (χ0v) is 54.3. The molecule has 0 radical (unpaired) electrons. The van der Waals surface area contributed by atoms with Crippen molar-refractivity contribution >= 4 is 17.9 Å². The van der Waals surface area contributed by atoms with E-state index in [1.807, 2.05) is 0 Å². The van der Waals surface area contributed by atoms with E-state index < -0.39 is 6.10 Å².